The highest BCUT2D eigenvalue weighted by atomic mass is 32.1. The number of hydrogen-bond donors (Lipinski definition) is 2. The number of nitrogens with zero attached hydrogens (tertiary/aromatic N) is 1. The van der Waals surface area contributed by atoms with E-state index < -0.39 is 0 Å². The van der Waals surface area contributed by atoms with Gasteiger partial charge in [-0.05, 0) is 42.9 Å². The summed E-state index contributed by atoms with van der Waals surface area (Å²) in [6.07, 6.45) is 6.51. The van der Waals surface area contributed by atoms with Gasteiger partial charge in [-0.25, -0.2) is 0 Å². The van der Waals surface area contributed by atoms with Gasteiger partial charge in [-0.15, -0.1) is 11.3 Å². The van der Waals surface area contributed by atoms with Crippen LogP contribution < -0.4 is 10.9 Å². The molecular weight excluding hydrogens is 342 g/mol. The molecule has 0 spiro atoms. The van der Waals surface area contributed by atoms with E-state index in [-0.39, 0.29) is 11.5 Å². The zero-order valence-corrected chi connectivity index (χ0v) is 15.7. The fourth-order valence-electron chi connectivity index (χ4n) is 2.60. The van der Waals surface area contributed by atoms with Gasteiger partial charge in [0, 0.05) is 19.5 Å². The number of nitrogens with one attached hydrogen (secondary N) is 2. The number of unbranched alkanes of at least 4 members (excludes halogenated alkanes) is 4. The van der Waals surface area contributed by atoms with E-state index in [1.165, 1.54) is 11.3 Å². The number of aromatic amines is 1. The Hall–Kier alpha value is -1.47. The molecule has 132 valence electrons. The molecule has 0 unspecified atom stereocenters. The Morgan fingerprint density at radius 2 is 2.12 bits per heavy atom. The zero-order chi connectivity index (χ0) is 17.4. The molecule has 0 aromatic carbocycles. The summed E-state index contributed by atoms with van der Waals surface area (Å²) in [5.41, 5.74) is 0.795. The summed E-state index contributed by atoms with van der Waals surface area (Å²) in [7, 11) is 0. The summed E-state index contributed by atoms with van der Waals surface area (Å²) in [6.45, 7) is 3.52. The highest BCUT2D eigenvalue weighted by Gasteiger charge is 2.06. The SMILES string of the molecule is CCCCCNC(=O)CCCCCn1c(=S)[nH]c2ccsc2c1=O. The minimum atomic E-state index is -0.0163. The monoisotopic (exact) mass is 367 g/mol. The maximum absolute atomic E-state index is 12.4. The molecule has 2 aromatic rings. The standard InChI is InChI=1S/C17H25N3O2S2/c1-2-3-6-10-18-14(21)8-5-4-7-11-20-16(22)15-13(9-12-24-15)19-17(20)23/h9,12H,2-8,10-11H2,1H3,(H,18,21)(H,19,23). The lowest BCUT2D eigenvalue weighted by Gasteiger charge is -2.07. The number of aromatic nitrogens is 2. The van der Waals surface area contributed by atoms with Crippen molar-refractivity contribution in [2.45, 2.75) is 58.4 Å². The van der Waals surface area contributed by atoms with E-state index in [2.05, 4.69) is 17.2 Å². The maximum atomic E-state index is 12.4. The third kappa shape index (κ3) is 5.27. The summed E-state index contributed by atoms with van der Waals surface area (Å²) in [5, 5.41) is 4.84. The first-order valence-electron chi connectivity index (χ1n) is 8.60. The van der Waals surface area contributed by atoms with Crippen LogP contribution >= 0.6 is 23.6 Å². The molecule has 7 heteroatoms. The number of H-pyrrole nitrogens is 1. The van der Waals surface area contributed by atoms with E-state index in [0.29, 0.717) is 17.7 Å². The fourth-order valence-corrected chi connectivity index (χ4v) is 3.68. The predicted molar refractivity (Wildman–Crippen MR) is 102 cm³/mol. The van der Waals surface area contributed by atoms with Crippen molar-refractivity contribution in [1.82, 2.24) is 14.9 Å². The average Bonchev–Trinajstić information content (AvgIpc) is 3.02. The first-order valence-corrected chi connectivity index (χ1v) is 9.89. The van der Waals surface area contributed by atoms with Crippen molar-refractivity contribution in [3.63, 3.8) is 0 Å². The Morgan fingerprint density at radius 1 is 1.29 bits per heavy atom. The van der Waals surface area contributed by atoms with E-state index in [9.17, 15) is 9.59 Å². The van der Waals surface area contributed by atoms with Crippen molar-refractivity contribution >= 4 is 39.7 Å². The first kappa shape index (κ1) is 18.9. The largest absolute Gasteiger partial charge is 0.356 e. The second-order valence-electron chi connectivity index (χ2n) is 5.92. The molecule has 0 aliphatic heterocycles. The number of amides is 1. The third-order valence-electron chi connectivity index (χ3n) is 3.98. The zero-order valence-electron chi connectivity index (χ0n) is 14.1. The summed E-state index contributed by atoms with van der Waals surface area (Å²) in [5.74, 6) is 0.126. The number of carbonyl (C=O) groups excluding carboxylic acids is 1. The second kappa shape index (κ2) is 9.74. The molecule has 0 saturated heterocycles. The van der Waals surface area contributed by atoms with Crippen LogP contribution in [0.5, 0.6) is 0 Å². The molecule has 2 heterocycles. The Labute approximate surface area is 151 Å². The molecule has 2 N–H and O–H groups in total. The van der Waals surface area contributed by atoms with Gasteiger partial charge in [0.05, 0.1) is 5.52 Å². The van der Waals surface area contributed by atoms with Crippen molar-refractivity contribution in [2.24, 2.45) is 0 Å². The molecule has 0 radical (unpaired) electrons. The molecule has 2 rings (SSSR count). The smallest absolute Gasteiger partial charge is 0.272 e. The van der Waals surface area contributed by atoms with Gasteiger partial charge < -0.3 is 10.3 Å². The molecular formula is C17H25N3O2S2. The second-order valence-corrected chi connectivity index (χ2v) is 7.22. The van der Waals surface area contributed by atoms with Crippen LogP contribution in [-0.4, -0.2) is 22.0 Å². The number of hydrogen-bond acceptors (Lipinski definition) is 4. The number of carbonyl (C=O) groups is 1. The molecule has 2 aromatic heterocycles. The van der Waals surface area contributed by atoms with Gasteiger partial charge in [-0.2, -0.15) is 0 Å². The third-order valence-corrected chi connectivity index (χ3v) is 5.20. The van der Waals surface area contributed by atoms with Crippen molar-refractivity contribution in [3.8, 4) is 0 Å². The van der Waals surface area contributed by atoms with E-state index in [1.54, 1.807) is 4.57 Å². The highest BCUT2D eigenvalue weighted by Crippen LogP contribution is 2.14. The van der Waals surface area contributed by atoms with Crippen LogP contribution in [0.25, 0.3) is 10.2 Å². The molecule has 1 amide bonds. The number of rotatable bonds is 10. The van der Waals surface area contributed by atoms with Gasteiger partial charge in [0.15, 0.2) is 4.77 Å². The van der Waals surface area contributed by atoms with Gasteiger partial charge in [0.25, 0.3) is 5.56 Å². The molecule has 5 nitrogen and oxygen atoms in total. The topological polar surface area (TPSA) is 66.9 Å². The highest BCUT2D eigenvalue weighted by molar-refractivity contribution is 7.71. The van der Waals surface area contributed by atoms with E-state index in [0.717, 1.165) is 55.3 Å². The van der Waals surface area contributed by atoms with Gasteiger partial charge in [-0.1, -0.05) is 26.2 Å². The molecule has 0 atom stereocenters. The van der Waals surface area contributed by atoms with Crippen molar-refractivity contribution < 1.29 is 4.79 Å². The minimum Gasteiger partial charge on any atom is -0.356 e. The van der Waals surface area contributed by atoms with Crippen LogP contribution in [0.15, 0.2) is 16.2 Å². The Kier molecular flexibility index (Phi) is 7.65. The molecule has 24 heavy (non-hydrogen) atoms. The summed E-state index contributed by atoms with van der Waals surface area (Å²) in [4.78, 5) is 27.2. The molecule has 0 saturated carbocycles. The van der Waals surface area contributed by atoms with Crippen molar-refractivity contribution in [2.75, 3.05) is 6.54 Å². The lowest BCUT2D eigenvalue weighted by Crippen LogP contribution is -2.24. The average molecular weight is 368 g/mol. The predicted octanol–water partition coefficient (Wildman–Crippen LogP) is 3.99. The number of thiophene rings is 1. The van der Waals surface area contributed by atoms with Gasteiger partial charge >= 0.3 is 0 Å². The quantitative estimate of drug-likeness (QED) is 0.493. The minimum absolute atomic E-state index is 0.0163. The van der Waals surface area contributed by atoms with Crippen LogP contribution in [0.1, 0.15) is 51.9 Å². The molecule has 0 fully saturated rings. The molecule has 0 aliphatic rings. The van der Waals surface area contributed by atoms with Gasteiger partial charge in [0.1, 0.15) is 4.70 Å². The Morgan fingerprint density at radius 3 is 2.92 bits per heavy atom. The summed E-state index contributed by atoms with van der Waals surface area (Å²) in [6, 6.07) is 1.88. The normalized spacial score (nSPS) is 11.0. The first-order chi connectivity index (χ1) is 11.6. The Balaban J connectivity index is 1.72. The van der Waals surface area contributed by atoms with Crippen LogP contribution in [0.2, 0.25) is 0 Å². The van der Waals surface area contributed by atoms with E-state index in [4.69, 9.17) is 12.2 Å². The van der Waals surface area contributed by atoms with E-state index in [1.807, 2.05) is 11.4 Å². The van der Waals surface area contributed by atoms with Crippen molar-refractivity contribution in [1.29, 1.82) is 0 Å². The molecule has 0 bridgehead atoms. The van der Waals surface area contributed by atoms with Gasteiger partial charge in [-0.3, -0.25) is 14.2 Å². The van der Waals surface area contributed by atoms with Crippen LogP contribution in [0.4, 0.5) is 0 Å². The lowest BCUT2D eigenvalue weighted by atomic mass is 10.2. The van der Waals surface area contributed by atoms with Crippen LogP contribution in [0.3, 0.4) is 0 Å². The van der Waals surface area contributed by atoms with Crippen molar-refractivity contribution in [3.05, 3.63) is 26.6 Å². The summed E-state index contributed by atoms with van der Waals surface area (Å²) >= 11 is 6.70. The fraction of sp³-hybridized carbons (Fsp3) is 0.588. The van der Waals surface area contributed by atoms with Gasteiger partial charge in [0.2, 0.25) is 5.91 Å². The maximum Gasteiger partial charge on any atom is 0.272 e. The summed E-state index contributed by atoms with van der Waals surface area (Å²) < 4.78 is 2.81. The molecule has 0 aliphatic carbocycles. The van der Waals surface area contributed by atoms with E-state index >= 15 is 0 Å². The number of fused-ring (bicyclic) bond motifs is 1. The lowest BCUT2D eigenvalue weighted by molar-refractivity contribution is -0.121. The Bertz CT molecular complexity index is 776. The van der Waals surface area contributed by atoms with Crippen LogP contribution in [0, 0.1) is 4.77 Å². The van der Waals surface area contributed by atoms with Crippen LogP contribution in [-0.2, 0) is 11.3 Å².